The molecule has 1 unspecified atom stereocenters. The van der Waals surface area contributed by atoms with Crippen molar-refractivity contribution < 1.29 is 14.5 Å². The van der Waals surface area contributed by atoms with E-state index in [0.717, 1.165) is 0 Å². The van der Waals surface area contributed by atoms with Crippen molar-refractivity contribution in [2.75, 3.05) is 0 Å². The Bertz CT molecular complexity index is 501. The van der Waals surface area contributed by atoms with E-state index in [-0.39, 0.29) is 23.7 Å². The van der Waals surface area contributed by atoms with Crippen LogP contribution in [0.2, 0.25) is 0 Å². The Morgan fingerprint density at radius 3 is 2.68 bits per heavy atom. The van der Waals surface area contributed by atoms with Crippen LogP contribution >= 0.6 is 11.8 Å². The van der Waals surface area contributed by atoms with E-state index in [4.69, 9.17) is 0 Å². The molecular weight excluding hydrogens is 266 g/mol. The molecule has 0 spiro atoms. The molecule has 1 atom stereocenters. The van der Waals surface area contributed by atoms with Gasteiger partial charge >= 0.3 is 0 Å². The Morgan fingerprint density at radius 1 is 1.42 bits per heavy atom. The topological polar surface area (TPSA) is 77.3 Å². The molecule has 0 aliphatic heterocycles. The predicted octanol–water partition coefficient (Wildman–Crippen LogP) is 3.01. The zero-order chi connectivity index (χ0) is 14.4. The van der Waals surface area contributed by atoms with Crippen LogP contribution in [0.4, 0.5) is 5.69 Å². The Morgan fingerprint density at radius 2 is 2.11 bits per heavy atom. The minimum atomic E-state index is -0.475. The van der Waals surface area contributed by atoms with Crippen LogP contribution in [0.15, 0.2) is 29.2 Å². The Labute approximate surface area is 115 Å². The molecule has 102 valence electrons. The highest BCUT2D eigenvalue weighted by molar-refractivity contribution is 8.00. The lowest BCUT2D eigenvalue weighted by Crippen LogP contribution is -2.17. The number of nitro benzene ring substituents is 1. The normalized spacial score (nSPS) is 11.9. The first-order chi connectivity index (χ1) is 8.93. The molecule has 0 saturated carbocycles. The number of rotatable bonds is 7. The number of thioether (sulfide) groups is 1. The molecule has 0 saturated heterocycles. The maximum absolute atomic E-state index is 11.8. The van der Waals surface area contributed by atoms with Crippen LogP contribution in [0.5, 0.6) is 0 Å². The summed E-state index contributed by atoms with van der Waals surface area (Å²) in [6.07, 6.45) is 0.277. The molecule has 1 aromatic rings. The molecule has 0 aliphatic rings. The molecule has 0 heterocycles. The van der Waals surface area contributed by atoms with Gasteiger partial charge in [-0.25, -0.2) is 0 Å². The summed E-state index contributed by atoms with van der Waals surface area (Å²) >= 11 is 1.23. The highest BCUT2D eigenvalue weighted by Crippen LogP contribution is 2.27. The molecular formula is C13H15NO4S. The number of carbonyl (C=O) groups is 2. The Kier molecular flexibility index (Phi) is 5.69. The van der Waals surface area contributed by atoms with Gasteiger partial charge in [0.05, 0.1) is 16.6 Å². The summed E-state index contributed by atoms with van der Waals surface area (Å²) in [5.41, 5.74) is -0.00529. The predicted molar refractivity (Wildman–Crippen MR) is 73.3 cm³/mol. The second kappa shape index (κ2) is 7.04. The summed E-state index contributed by atoms with van der Waals surface area (Å²) in [6, 6.07) is 6.12. The van der Waals surface area contributed by atoms with Gasteiger partial charge in [-0.3, -0.25) is 19.7 Å². The van der Waals surface area contributed by atoms with Gasteiger partial charge in [-0.1, -0.05) is 13.0 Å². The van der Waals surface area contributed by atoms with Gasteiger partial charge in [0.1, 0.15) is 5.78 Å². The molecule has 0 aliphatic carbocycles. The second-order valence-corrected chi connectivity index (χ2v) is 5.46. The van der Waals surface area contributed by atoms with E-state index >= 15 is 0 Å². The average Bonchev–Trinajstić information content (AvgIpc) is 2.38. The molecule has 0 bridgehead atoms. The molecule has 5 nitrogen and oxygen atoms in total. The first-order valence-corrected chi connectivity index (χ1v) is 6.77. The van der Waals surface area contributed by atoms with Gasteiger partial charge in [0.25, 0.3) is 5.69 Å². The molecule has 0 radical (unpaired) electrons. The largest absolute Gasteiger partial charge is 0.299 e. The lowest BCUT2D eigenvalue weighted by Gasteiger charge is -2.09. The number of nitro groups is 1. The van der Waals surface area contributed by atoms with E-state index in [1.54, 1.807) is 26.0 Å². The summed E-state index contributed by atoms with van der Waals surface area (Å²) < 4.78 is 0. The fraction of sp³-hybridized carbons (Fsp3) is 0.385. The molecule has 1 aromatic carbocycles. The lowest BCUT2D eigenvalue weighted by atomic mass is 10.1. The minimum absolute atomic E-state index is 0.00529. The van der Waals surface area contributed by atoms with Crippen molar-refractivity contribution in [3.8, 4) is 0 Å². The van der Waals surface area contributed by atoms with Crippen LogP contribution in [0, 0.1) is 10.1 Å². The lowest BCUT2D eigenvalue weighted by molar-refractivity contribution is -0.385. The van der Waals surface area contributed by atoms with Gasteiger partial charge in [-0.05, 0) is 13.0 Å². The number of Topliss-reactive ketones (excluding diaryl/α,β-unsaturated/α-hetero) is 2. The van der Waals surface area contributed by atoms with Gasteiger partial charge in [-0.15, -0.1) is 11.8 Å². The third-order valence-corrected chi connectivity index (χ3v) is 3.70. The van der Waals surface area contributed by atoms with Crippen molar-refractivity contribution in [3.63, 3.8) is 0 Å². The number of hydrogen-bond donors (Lipinski definition) is 0. The molecule has 6 heteroatoms. The third-order valence-electron chi connectivity index (χ3n) is 2.56. The van der Waals surface area contributed by atoms with Crippen LogP contribution in [-0.2, 0) is 9.59 Å². The summed E-state index contributed by atoms with van der Waals surface area (Å²) in [5.74, 6) is -0.236. The van der Waals surface area contributed by atoms with Gasteiger partial charge in [-0.2, -0.15) is 0 Å². The quantitative estimate of drug-likeness (QED) is 0.332. The van der Waals surface area contributed by atoms with Crippen molar-refractivity contribution in [3.05, 3.63) is 34.4 Å². The smallest absolute Gasteiger partial charge is 0.270 e. The monoisotopic (exact) mass is 281 g/mol. The molecule has 0 fully saturated rings. The first-order valence-electron chi connectivity index (χ1n) is 5.89. The summed E-state index contributed by atoms with van der Waals surface area (Å²) in [5, 5.41) is 10.3. The Hall–Kier alpha value is -1.69. The van der Waals surface area contributed by atoms with Crippen molar-refractivity contribution in [1.29, 1.82) is 0 Å². The highest BCUT2D eigenvalue weighted by atomic mass is 32.2. The van der Waals surface area contributed by atoms with Gasteiger partial charge < -0.3 is 0 Å². The van der Waals surface area contributed by atoms with E-state index < -0.39 is 10.2 Å². The highest BCUT2D eigenvalue weighted by Gasteiger charge is 2.18. The third kappa shape index (κ3) is 4.82. The number of ketones is 2. The van der Waals surface area contributed by atoms with Crippen molar-refractivity contribution >= 4 is 29.0 Å². The van der Waals surface area contributed by atoms with Gasteiger partial charge in [0, 0.05) is 23.4 Å². The number of non-ortho nitro benzene ring substituents is 1. The van der Waals surface area contributed by atoms with E-state index in [9.17, 15) is 19.7 Å². The van der Waals surface area contributed by atoms with Crippen molar-refractivity contribution in [2.45, 2.75) is 36.8 Å². The summed E-state index contributed by atoms with van der Waals surface area (Å²) in [6.45, 7) is 3.42. The fourth-order valence-corrected chi connectivity index (χ4v) is 2.37. The second-order valence-electron chi connectivity index (χ2n) is 4.05. The van der Waals surface area contributed by atoms with E-state index in [2.05, 4.69) is 0 Å². The zero-order valence-electron chi connectivity index (χ0n) is 10.8. The summed E-state index contributed by atoms with van der Waals surface area (Å²) in [4.78, 5) is 33.8. The number of nitrogens with zero attached hydrogens (tertiary/aromatic N) is 1. The van der Waals surface area contributed by atoms with E-state index in [0.29, 0.717) is 11.3 Å². The molecule has 0 aromatic heterocycles. The van der Waals surface area contributed by atoms with E-state index in [1.165, 1.54) is 23.9 Å². The maximum Gasteiger partial charge on any atom is 0.270 e. The average molecular weight is 281 g/mol. The first kappa shape index (κ1) is 15.4. The fourth-order valence-electron chi connectivity index (χ4n) is 1.40. The van der Waals surface area contributed by atoms with Crippen LogP contribution in [0.25, 0.3) is 0 Å². The van der Waals surface area contributed by atoms with E-state index in [1.807, 2.05) is 0 Å². The molecule has 19 heavy (non-hydrogen) atoms. The van der Waals surface area contributed by atoms with Crippen LogP contribution in [0.1, 0.15) is 26.7 Å². The van der Waals surface area contributed by atoms with Crippen LogP contribution in [0.3, 0.4) is 0 Å². The number of benzene rings is 1. The number of hydrogen-bond acceptors (Lipinski definition) is 5. The van der Waals surface area contributed by atoms with Crippen molar-refractivity contribution in [2.24, 2.45) is 0 Å². The standard InChI is InChI=1S/C13H15NO4S/c1-3-11(15)8-13(16)9(2)19-12-6-4-5-10(7-12)14(17)18/h4-7,9H,3,8H2,1-2H3. The van der Waals surface area contributed by atoms with Crippen LogP contribution < -0.4 is 0 Å². The van der Waals surface area contributed by atoms with Gasteiger partial charge in [0.2, 0.25) is 0 Å². The Balaban J connectivity index is 2.68. The van der Waals surface area contributed by atoms with Crippen LogP contribution in [-0.4, -0.2) is 21.7 Å². The van der Waals surface area contributed by atoms with Gasteiger partial charge in [0.15, 0.2) is 5.78 Å². The molecule has 1 rings (SSSR count). The summed E-state index contributed by atoms with van der Waals surface area (Å²) in [7, 11) is 0. The molecule has 0 amide bonds. The number of carbonyl (C=O) groups excluding carboxylic acids is 2. The molecule has 0 N–H and O–H groups in total. The van der Waals surface area contributed by atoms with Crippen molar-refractivity contribution in [1.82, 2.24) is 0 Å². The maximum atomic E-state index is 11.8. The zero-order valence-corrected chi connectivity index (χ0v) is 11.6. The SMILES string of the molecule is CCC(=O)CC(=O)C(C)Sc1cccc([N+](=O)[O-])c1. The minimum Gasteiger partial charge on any atom is -0.299 e.